The molecular weight excluding hydrogens is 687 g/mol. The first-order chi connectivity index (χ1) is 27.5. The average molecular weight is 712 g/mol. The fourth-order valence-electron chi connectivity index (χ4n) is 7.33. The molecule has 0 saturated heterocycles. The van der Waals surface area contributed by atoms with Gasteiger partial charge in [0.15, 0.2) is 5.69 Å². The van der Waals surface area contributed by atoms with E-state index in [1.807, 2.05) is 127 Å². The lowest BCUT2D eigenvalue weighted by Gasteiger charge is -2.18. The van der Waals surface area contributed by atoms with Gasteiger partial charge in [-0.1, -0.05) is 103 Å². The van der Waals surface area contributed by atoms with Crippen LogP contribution in [0.15, 0.2) is 152 Å². The normalized spacial score (nSPS) is 10.8. The van der Waals surface area contributed by atoms with Gasteiger partial charge in [-0.15, -0.1) is 0 Å². The van der Waals surface area contributed by atoms with Gasteiger partial charge in [0.05, 0.1) is 69.5 Å². The number of nitrogens with zero attached hydrogens (tertiary/aromatic N) is 7. The highest BCUT2D eigenvalue weighted by molar-refractivity contribution is 6.25. The van der Waals surface area contributed by atoms with Crippen molar-refractivity contribution in [1.29, 1.82) is 15.8 Å². The first-order valence-electron chi connectivity index (χ1n) is 17.7. The van der Waals surface area contributed by atoms with Crippen LogP contribution in [0.2, 0.25) is 0 Å². The minimum atomic E-state index is 0.374. The molecule has 7 heteroatoms. The van der Waals surface area contributed by atoms with Gasteiger partial charge in [-0.05, 0) is 70.8 Å². The summed E-state index contributed by atoms with van der Waals surface area (Å²) in [6.07, 6.45) is 0. The Balaban J connectivity index is 1.42. The number of hydrogen-bond acceptors (Lipinski definition) is 6. The maximum Gasteiger partial charge on any atom is 0.189 e. The Morgan fingerprint density at radius 3 is 1.61 bits per heavy atom. The molecule has 0 aliphatic carbocycles. The Hall–Kier alpha value is -8.49. The van der Waals surface area contributed by atoms with Gasteiger partial charge in [-0.25, -0.2) is 19.8 Å². The molecule has 7 nitrogen and oxygen atoms in total. The van der Waals surface area contributed by atoms with Crippen LogP contribution in [0.4, 0.5) is 5.69 Å². The number of nitriles is 3. The summed E-state index contributed by atoms with van der Waals surface area (Å²) in [4.78, 5) is 19.7. The molecule has 0 aliphatic heterocycles. The minimum Gasteiger partial charge on any atom is -0.247 e. The highest BCUT2D eigenvalue weighted by atomic mass is 14.8. The summed E-state index contributed by atoms with van der Waals surface area (Å²) >= 11 is 0. The van der Waals surface area contributed by atoms with E-state index < -0.39 is 0 Å². The highest BCUT2D eigenvalue weighted by Gasteiger charge is 2.23. The van der Waals surface area contributed by atoms with E-state index in [1.54, 1.807) is 24.3 Å². The molecule has 9 aromatic rings. The van der Waals surface area contributed by atoms with Crippen LogP contribution < -0.4 is 0 Å². The molecule has 0 fully saturated rings. The lowest BCUT2D eigenvalue weighted by Crippen LogP contribution is -2.00. The zero-order valence-electron chi connectivity index (χ0n) is 29.6. The van der Waals surface area contributed by atoms with E-state index in [-0.39, 0.29) is 0 Å². The molecule has 0 radical (unpaired) electrons. The van der Waals surface area contributed by atoms with Crippen LogP contribution in [-0.4, -0.2) is 15.0 Å². The van der Waals surface area contributed by atoms with Crippen molar-refractivity contribution in [2.24, 2.45) is 0 Å². The fraction of sp³-hybridized carbons (Fsp3) is 0. The Morgan fingerprint density at radius 1 is 0.429 bits per heavy atom. The van der Waals surface area contributed by atoms with Crippen LogP contribution in [-0.2, 0) is 0 Å². The van der Waals surface area contributed by atoms with Crippen molar-refractivity contribution in [3.05, 3.63) is 180 Å². The number of aromatic nitrogens is 3. The van der Waals surface area contributed by atoms with Crippen LogP contribution in [0.3, 0.4) is 0 Å². The van der Waals surface area contributed by atoms with E-state index in [0.29, 0.717) is 44.7 Å². The molecule has 9 rings (SSSR count). The summed E-state index contributed by atoms with van der Waals surface area (Å²) in [5.41, 5.74) is 11.5. The smallest absolute Gasteiger partial charge is 0.189 e. The first-order valence-corrected chi connectivity index (χ1v) is 17.7. The maximum absolute atomic E-state index is 10.0. The van der Waals surface area contributed by atoms with E-state index in [2.05, 4.69) is 23.1 Å². The van der Waals surface area contributed by atoms with Gasteiger partial charge < -0.3 is 0 Å². The largest absolute Gasteiger partial charge is 0.247 e. The molecule has 2 aromatic heterocycles. The van der Waals surface area contributed by atoms with E-state index in [4.69, 9.17) is 21.5 Å². The summed E-state index contributed by atoms with van der Waals surface area (Å²) in [7, 11) is 0. The Kier molecular flexibility index (Phi) is 8.23. The van der Waals surface area contributed by atoms with Crippen molar-refractivity contribution in [3.8, 4) is 74.2 Å². The third-order valence-corrected chi connectivity index (χ3v) is 9.87. The summed E-state index contributed by atoms with van der Waals surface area (Å²) < 4.78 is 0. The van der Waals surface area contributed by atoms with Crippen LogP contribution in [0.25, 0.3) is 93.6 Å². The second-order valence-electron chi connectivity index (χ2n) is 13.3. The molecule has 56 heavy (non-hydrogen) atoms. The van der Waals surface area contributed by atoms with Crippen molar-refractivity contribution in [1.82, 2.24) is 15.0 Å². The van der Waals surface area contributed by atoms with Gasteiger partial charge in [-0.2, -0.15) is 15.8 Å². The van der Waals surface area contributed by atoms with Gasteiger partial charge >= 0.3 is 0 Å². The quantitative estimate of drug-likeness (QED) is 0.130. The number of para-hydroxylation sites is 1. The maximum atomic E-state index is 10.0. The molecule has 0 saturated carbocycles. The van der Waals surface area contributed by atoms with Gasteiger partial charge in [0, 0.05) is 38.4 Å². The number of hydrogen-bond donors (Lipinski definition) is 0. The van der Waals surface area contributed by atoms with Crippen LogP contribution >= 0.6 is 0 Å². The first kappa shape index (κ1) is 33.4. The summed E-state index contributed by atoms with van der Waals surface area (Å²) in [6, 6.07) is 54.9. The summed E-state index contributed by atoms with van der Waals surface area (Å²) in [5, 5.41) is 32.2. The van der Waals surface area contributed by atoms with Crippen molar-refractivity contribution in [2.75, 3.05) is 0 Å². The van der Waals surface area contributed by atoms with Gasteiger partial charge in [0.1, 0.15) is 0 Å². The second kappa shape index (κ2) is 13.8. The topological polar surface area (TPSA) is 114 Å². The van der Waals surface area contributed by atoms with Gasteiger partial charge in [-0.3, -0.25) is 0 Å². The Morgan fingerprint density at radius 2 is 0.964 bits per heavy atom. The van der Waals surface area contributed by atoms with E-state index in [9.17, 15) is 15.8 Å². The van der Waals surface area contributed by atoms with Gasteiger partial charge in [0.2, 0.25) is 0 Å². The zero-order chi connectivity index (χ0) is 38.2. The molecule has 0 bridgehead atoms. The molecule has 7 aromatic carbocycles. The zero-order valence-corrected chi connectivity index (χ0v) is 29.6. The molecule has 256 valence electrons. The minimum absolute atomic E-state index is 0.374. The van der Waals surface area contributed by atoms with E-state index in [1.165, 1.54) is 0 Å². The Bertz CT molecular complexity index is 3150. The molecule has 0 amide bonds. The molecule has 2 heterocycles. The SMILES string of the molecule is [C-]#[N+]c1cc(C#N)cc(-c2ccc(-c3nc4ccccc4c4c(-c5cc(C#N)cc(C#N)c5)cc5nc(-c6ccccc6)c(-c6ccccc6)nc5c34)cc2)c1. The molecule has 0 spiro atoms. The highest BCUT2D eigenvalue weighted by Crippen LogP contribution is 2.44. The number of benzene rings is 7. The van der Waals surface area contributed by atoms with Crippen molar-refractivity contribution < 1.29 is 0 Å². The Labute approximate surface area is 322 Å². The number of pyridine rings is 1. The van der Waals surface area contributed by atoms with Crippen molar-refractivity contribution in [3.63, 3.8) is 0 Å². The molecule has 0 unspecified atom stereocenters. The van der Waals surface area contributed by atoms with E-state index >= 15 is 0 Å². The molecule has 0 aliphatic rings. The second-order valence-corrected chi connectivity index (χ2v) is 13.3. The van der Waals surface area contributed by atoms with Crippen molar-refractivity contribution >= 4 is 38.4 Å². The summed E-state index contributed by atoms with van der Waals surface area (Å²) in [5.74, 6) is 0. The number of rotatable bonds is 5. The predicted octanol–water partition coefficient (Wildman–Crippen LogP) is 11.8. The predicted molar refractivity (Wildman–Crippen MR) is 220 cm³/mol. The van der Waals surface area contributed by atoms with Crippen LogP contribution in [0.5, 0.6) is 0 Å². The number of fused-ring (bicyclic) bond motifs is 5. The standard InChI is InChI=1S/C49H25N7/c1-53-39-24-32(29-52)21-37(25-39)33-16-18-36(19-17-33)46-45-44(40-14-8-9-15-42(40)54-46)41(38-22-30(27-50)20-31(23-38)28-51)26-43-49(45)56-48(35-12-6-3-7-13-35)47(55-43)34-10-4-2-5-11-34/h2-26H. The molecular formula is C49H25N7. The van der Waals surface area contributed by atoms with Crippen LogP contribution in [0, 0.1) is 40.6 Å². The monoisotopic (exact) mass is 711 g/mol. The molecule has 0 N–H and O–H groups in total. The fourth-order valence-corrected chi connectivity index (χ4v) is 7.33. The third-order valence-electron chi connectivity index (χ3n) is 9.87. The average Bonchev–Trinajstić information content (AvgIpc) is 3.28. The van der Waals surface area contributed by atoms with Gasteiger partial charge in [0.25, 0.3) is 0 Å². The van der Waals surface area contributed by atoms with Crippen LogP contribution in [0.1, 0.15) is 16.7 Å². The lowest BCUT2D eigenvalue weighted by molar-refractivity contribution is 1.30. The van der Waals surface area contributed by atoms with E-state index in [0.717, 1.165) is 66.4 Å². The lowest BCUT2D eigenvalue weighted by atomic mass is 9.90. The van der Waals surface area contributed by atoms with Crippen molar-refractivity contribution in [2.45, 2.75) is 0 Å². The molecule has 0 atom stereocenters. The summed E-state index contributed by atoms with van der Waals surface area (Å²) in [6.45, 7) is 7.55. The third kappa shape index (κ3) is 5.82.